The molecule has 0 fully saturated rings. The summed E-state index contributed by atoms with van der Waals surface area (Å²) in [4.78, 5) is 48.9. The molecule has 0 aromatic rings. The van der Waals surface area contributed by atoms with Gasteiger partial charge in [0, 0.05) is 19.3 Å². The Kier molecular flexibility index (Phi) is 62.4. The highest BCUT2D eigenvalue weighted by Gasteiger charge is 2.28. The highest BCUT2D eigenvalue weighted by atomic mass is 31.2. The van der Waals surface area contributed by atoms with Gasteiger partial charge in [-0.2, -0.15) is 0 Å². The molecule has 0 heterocycles. The molecular formula is C70H129O11P. The second-order valence-corrected chi connectivity index (χ2v) is 24.8. The second kappa shape index (κ2) is 64.4. The van der Waals surface area contributed by atoms with Crippen molar-refractivity contribution < 1.29 is 52.2 Å². The minimum absolute atomic E-state index is 0.151. The summed E-state index contributed by atoms with van der Waals surface area (Å²) in [6.07, 6.45) is 72.1. The van der Waals surface area contributed by atoms with Crippen LogP contribution in [0.1, 0.15) is 342 Å². The van der Waals surface area contributed by atoms with Gasteiger partial charge in [0.25, 0.3) is 0 Å². The number of carbonyl (C=O) groups is 3. The molecule has 82 heavy (non-hydrogen) atoms. The van der Waals surface area contributed by atoms with E-state index in [4.69, 9.17) is 23.3 Å². The average molecular weight is 1180 g/mol. The van der Waals surface area contributed by atoms with E-state index in [2.05, 4.69) is 69.4 Å². The van der Waals surface area contributed by atoms with Crippen molar-refractivity contribution >= 4 is 25.7 Å². The molecule has 0 saturated heterocycles. The van der Waals surface area contributed by atoms with Crippen LogP contribution in [0.15, 0.2) is 48.6 Å². The van der Waals surface area contributed by atoms with Crippen LogP contribution in [0.3, 0.4) is 0 Å². The number of phosphoric ester groups is 1. The fourth-order valence-corrected chi connectivity index (χ4v) is 10.8. The number of phosphoric acid groups is 1. The summed E-state index contributed by atoms with van der Waals surface area (Å²) in [5.74, 6) is -1.46. The first-order valence-electron chi connectivity index (χ1n) is 34.5. The van der Waals surface area contributed by atoms with Crippen LogP contribution in [-0.4, -0.2) is 66.5 Å². The lowest BCUT2D eigenvalue weighted by atomic mass is 10.0. The van der Waals surface area contributed by atoms with E-state index in [0.29, 0.717) is 19.3 Å². The normalized spacial score (nSPS) is 13.5. The van der Waals surface area contributed by atoms with Crippen molar-refractivity contribution in [3.63, 3.8) is 0 Å². The third-order valence-electron chi connectivity index (χ3n) is 15.3. The van der Waals surface area contributed by atoms with E-state index in [1.54, 1.807) is 0 Å². The van der Waals surface area contributed by atoms with E-state index in [9.17, 15) is 28.9 Å². The molecular weight excluding hydrogens is 1050 g/mol. The summed E-state index contributed by atoms with van der Waals surface area (Å²) in [6.45, 7) is 4.60. The molecule has 0 aliphatic heterocycles. The Bertz CT molecular complexity index is 1560. The third-order valence-corrected chi connectivity index (χ3v) is 16.2. The molecule has 0 spiro atoms. The van der Waals surface area contributed by atoms with Crippen LogP contribution in [0.5, 0.6) is 0 Å². The largest absolute Gasteiger partial charge is 0.472 e. The molecule has 0 amide bonds. The summed E-state index contributed by atoms with van der Waals surface area (Å²) in [7, 11) is -4.76. The standard InChI is InChI=1S/C70H129O11P/c1-4-7-10-13-16-19-22-25-28-31-33-36-38-41-44-47-50-53-56-59-68(72)77-63-67(81-70(74)61-58-55-52-49-46-43-40-37-34-32-29-26-23-20-17-14-11-8-5-2)65-79-82(75,76)78-64-66(62-71)80-69(73)60-57-54-51-48-45-42-39-35-30-27-24-21-18-15-12-9-6-3/h9,12,18,21,27,30,39,42,66-67,71H,4-8,10-11,13-17,19-20,22-26,28-29,31-38,40-41,43-65H2,1-3H3,(H,75,76)/b12-9-,21-18-,30-27-,42-39-. The maximum Gasteiger partial charge on any atom is 0.472 e. The van der Waals surface area contributed by atoms with Gasteiger partial charge in [-0.05, 0) is 57.8 Å². The smallest absolute Gasteiger partial charge is 0.462 e. The highest BCUT2D eigenvalue weighted by Crippen LogP contribution is 2.43. The maximum atomic E-state index is 13.0. The topological polar surface area (TPSA) is 155 Å². The van der Waals surface area contributed by atoms with Crippen LogP contribution in [0, 0.1) is 0 Å². The summed E-state index contributed by atoms with van der Waals surface area (Å²) >= 11 is 0. The zero-order chi connectivity index (χ0) is 59.8. The van der Waals surface area contributed by atoms with Gasteiger partial charge in [-0.15, -0.1) is 0 Å². The maximum absolute atomic E-state index is 13.0. The van der Waals surface area contributed by atoms with E-state index < -0.39 is 57.8 Å². The van der Waals surface area contributed by atoms with Gasteiger partial charge in [0.15, 0.2) is 6.10 Å². The first kappa shape index (κ1) is 79.4. The van der Waals surface area contributed by atoms with E-state index in [-0.39, 0.29) is 25.9 Å². The van der Waals surface area contributed by atoms with Crippen LogP contribution in [0.4, 0.5) is 0 Å². The molecule has 0 aliphatic carbocycles. The lowest BCUT2D eigenvalue weighted by Crippen LogP contribution is -2.30. The Morgan fingerprint density at radius 2 is 0.634 bits per heavy atom. The number of unbranched alkanes of at least 4 members (excludes halogenated alkanes) is 40. The van der Waals surface area contributed by atoms with Crippen LogP contribution >= 0.6 is 7.82 Å². The molecule has 0 saturated carbocycles. The average Bonchev–Trinajstić information content (AvgIpc) is 3.49. The monoisotopic (exact) mass is 1180 g/mol. The van der Waals surface area contributed by atoms with Crippen molar-refractivity contribution in [3.8, 4) is 0 Å². The van der Waals surface area contributed by atoms with E-state index >= 15 is 0 Å². The lowest BCUT2D eigenvalue weighted by molar-refractivity contribution is -0.161. The molecule has 0 aromatic heterocycles. The van der Waals surface area contributed by atoms with E-state index in [1.807, 2.05) is 0 Å². The molecule has 480 valence electrons. The molecule has 0 aliphatic rings. The number of aliphatic hydroxyl groups excluding tert-OH is 1. The van der Waals surface area contributed by atoms with Gasteiger partial charge in [-0.3, -0.25) is 23.4 Å². The SMILES string of the molecule is CC/C=C\C/C=C\C/C=C\C/C=C\CCCCCCC(=O)OC(CO)COP(=O)(O)OCC(COC(=O)CCCCCCCCCCCCCCCCCCCCC)OC(=O)CCCCCCCCCCCCCCCCCCCCC. The van der Waals surface area contributed by atoms with Crippen molar-refractivity contribution in [2.45, 2.75) is 354 Å². The minimum Gasteiger partial charge on any atom is -0.462 e. The Balaban J connectivity index is 4.66. The van der Waals surface area contributed by atoms with Gasteiger partial charge >= 0.3 is 25.7 Å². The van der Waals surface area contributed by atoms with Gasteiger partial charge in [0.2, 0.25) is 0 Å². The minimum atomic E-state index is -4.76. The lowest BCUT2D eigenvalue weighted by Gasteiger charge is -2.21. The summed E-state index contributed by atoms with van der Waals surface area (Å²) in [6, 6.07) is 0. The number of allylic oxidation sites excluding steroid dienone is 8. The molecule has 3 atom stereocenters. The van der Waals surface area contributed by atoms with Crippen LogP contribution in [0.25, 0.3) is 0 Å². The van der Waals surface area contributed by atoms with Crippen molar-refractivity contribution in [3.05, 3.63) is 48.6 Å². The summed E-state index contributed by atoms with van der Waals surface area (Å²) in [5.41, 5.74) is 0. The molecule has 3 unspecified atom stereocenters. The first-order valence-corrected chi connectivity index (χ1v) is 36.0. The number of hydrogen-bond donors (Lipinski definition) is 2. The molecule has 2 N–H and O–H groups in total. The van der Waals surface area contributed by atoms with Crippen LogP contribution in [0.2, 0.25) is 0 Å². The van der Waals surface area contributed by atoms with Crippen molar-refractivity contribution in [2.24, 2.45) is 0 Å². The Labute approximate surface area is 504 Å². The highest BCUT2D eigenvalue weighted by molar-refractivity contribution is 7.47. The van der Waals surface area contributed by atoms with Gasteiger partial charge in [-0.1, -0.05) is 313 Å². The molecule has 0 aromatic carbocycles. The van der Waals surface area contributed by atoms with Crippen molar-refractivity contribution in [1.82, 2.24) is 0 Å². The zero-order valence-electron chi connectivity index (χ0n) is 53.5. The third kappa shape index (κ3) is 62.0. The second-order valence-electron chi connectivity index (χ2n) is 23.3. The van der Waals surface area contributed by atoms with Gasteiger partial charge in [0.05, 0.1) is 19.8 Å². The van der Waals surface area contributed by atoms with E-state index in [0.717, 1.165) is 89.9 Å². The predicted molar refractivity (Wildman–Crippen MR) is 344 cm³/mol. The fourth-order valence-electron chi connectivity index (χ4n) is 10.1. The molecule has 0 radical (unpaired) electrons. The molecule has 11 nitrogen and oxygen atoms in total. The number of rotatable bonds is 65. The van der Waals surface area contributed by atoms with Crippen molar-refractivity contribution in [2.75, 3.05) is 26.4 Å². The van der Waals surface area contributed by atoms with Crippen LogP contribution in [-0.2, 0) is 42.2 Å². The number of aliphatic hydroxyl groups is 1. The zero-order valence-corrected chi connectivity index (χ0v) is 54.4. The quantitative estimate of drug-likeness (QED) is 0.0197. The summed E-state index contributed by atoms with van der Waals surface area (Å²) < 4.78 is 39.8. The van der Waals surface area contributed by atoms with Crippen LogP contribution < -0.4 is 0 Å². The van der Waals surface area contributed by atoms with Gasteiger partial charge in [-0.25, -0.2) is 4.57 Å². The number of ether oxygens (including phenoxy) is 3. The molecule has 0 bridgehead atoms. The molecule has 0 rings (SSSR count). The van der Waals surface area contributed by atoms with Gasteiger partial charge in [0.1, 0.15) is 12.7 Å². The number of esters is 3. The van der Waals surface area contributed by atoms with Crippen molar-refractivity contribution in [1.29, 1.82) is 0 Å². The van der Waals surface area contributed by atoms with E-state index in [1.165, 1.54) is 193 Å². The predicted octanol–water partition coefficient (Wildman–Crippen LogP) is 21.3. The Hall–Kier alpha value is -2.56. The Morgan fingerprint density at radius 1 is 0.354 bits per heavy atom. The first-order chi connectivity index (χ1) is 40.2. The number of carbonyl (C=O) groups excluding carboxylic acids is 3. The number of hydrogen-bond acceptors (Lipinski definition) is 10. The Morgan fingerprint density at radius 3 is 0.976 bits per heavy atom. The molecule has 12 heteroatoms. The summed E-state index contributed by atoms with van der Waals surface area (Å²) in [5, 5.41) is 9.87. The van der Waals surface area contributed by atoms with Gasteiger partial charge < -0.3 is 24.2 Å². The fraction of sp³-hybridized carbons (Fsp3) is 0.843.